The van der Waals surface area contributed by atoms with Gasteiger partial charge < -0.3 is 24.3 Å². The van der Waals surface area contributed by atoms with Gasteiger partial charge in [-0.05, 0) is 36.4 Å². The average molecular weight is 568 g/mol. The minimum absolute atomic E-state index is 0.0252. The molecule has 8 nitrogen and oxygen atoms in total. The zero-order chi connectivity index (χ0) is 29.1. The Morgan fingerprint density at radius 2 is 1.59 bits per heavy atom. The molecule has 0 spiro atoms. The molecule has 2 aromatic carbocycles. The summed E-state index contributed by atoms with van der Waals surface area (Å²) in [5, 5.41) is 0.761. The van der Waals surface area contributed by atoms with Crippen LogP contribution in [-0.2, 0) is 4.74 Å². The molecule has 0 bridgehead atoms. The minimum atomic E-state index is -5.20. The number of amides is 1. The second-order valence-corrected chi connectivity index (χ2v) is 9.09. The Morgan fingerprint density at radius 3 is 2.21 bits per heavy atom. The van der Waals surface area contributed by atoms with Gasteiger partial charge >= 0.3 is 12.3 Å². The van der Waals surface area contributed by atoms with Crippen LogP contribution in [0.5, 0.6) is 23.0 Å². The van der Waals surface area contributed by atoms with E-state index in [4.69, 9.17) is 21.1 Å². The van der Waals surface area contributed by atoms with Crippen LogP contribution >= 0.6 is 11.6 Å². The molecule has 17 heteroatoms. The number of hydrogen-bond donors (Lipinski definition) is 1. The third kappa shape index (κ3) is 7.56. The normalized spacial score (nSPS) is 11.5. The van der Waals surface area contributed by atoms with Crippen molar-refractivity contribution < 1.29 is 50.5 Å². The SMILES string of the molecule is BC(B)(B)Oc1c(Oc2ccc(Cl)c(F)c2C(=O)Nc2ccnc(C(=O)OC)c2)ccc(OC(F)(F)F)c1F. The first-order valence-electron chi connectivity index (χ1n) is 10.9. The Hall–Kier alpha value is -3.94. The van der Waals surface area contributed by atoms with Crippen molar-refractivity contribution in [2.75, 3.05) is 12.4 Å². The van der Waals surface area contributed by atoms with Crippen LogP contribution in [0, 0.1) is 11.6 Å². The number of pyridine rings is 1. The van der Waals surface area contributed by atoms with Crippen molar-refractivity contribution in [3.63, 3.8) is 0 Å². The molecule has 0 aliphatic rings. The molecule has 1 N–H and O–H groups in total. The van der Waals surface area contributed by atoms with Crippen LogP contribution in [0.4, 0.5) is 27.6 Å². The van der Waals surface area contributed by atoms with Crippen molar-refractivity contribution in [1.29, 1.82) is 0 Å². The molecule has 1 heterocycles. The van der Waals surface area contributed by atoms with E-state index in [1.807, 2.05) is 0 Å². The number of methoxy groups -OCH3 is 1. The van der Waals surface area contributed by atoms with Crippen LogP contribution in [0.1, 0.15) is 20.8 Å². The Balaban J connectivity index is 2.05. The number of rotatable bonds is 8. The zero-order valence-electron chi connectivity index (χ0n) is 20.7. The predicted octanol–water partition coefficient (Wildman–Crippen LogP) is 2.63. The van der Waals surface area contributed by atoms with Gasteiger partial charge in [0.05, 0.1) is 12.1 Å². The molecule has 0 saturated carbocycles. The van der Waals surface area contributed by atoms with Gasteiger partial charge in [-0.1, -0.05) is 11.6 Å². The lowest BCUT2D eigenvalue weighted by atomic mass is 9.52. The largest absolute Gasteiger partial charge is 0.573 e. The highest BCUT2D eigenvalue weighted by Crippen LogP contribution is 2.42. The molecule has 0 aliphatic carbocycles. The maximum Gasteiger partial charge on any atom is 0.573 e. The van der Waals surface area contributed by atoms with Gasteiger partial charge in [-0.25, -0.2) is 14.2 Å². The van der Waals surface area contributed by atoms with Crippen molar-refractivity contribution in [3.05, 3.63) is 70.5 Å². The van der Waals surface area contributed by atoms with Gasteiger partial charge in [-0.3, -0.25) is 4.79 Å². The fraction of sp³-hybridized carbons (Fsp3) is 0.136. The van der Waals surface area contributed by atoms with E-state index in [9.17, 15) is 22.8 Å². The molecule has 3 aromatic rings. The van der Waals surface area contributed by atoms with Crippen LogP contribution in [0.2, 0.25) is 5.02 Å². The van der Waals surface area contributed by atoms with E-state index in [-0.39, 0.29) is 11.4 Å². The van der Waals surface area contributed by atoms with Gasteiger partial charge in [-0.15, -0.1) is 13.2 Å². The summed E-state index contributed by atoms with van der Waals surface area (Å²) in [6.07, 6.45) is -4.01. The van der Waals surface area contributed by atoms with Gasteiger partial charge in [0.2, 0.25) is 5.82 Å². The van der Waals surface area contributed by atoms with Crippen LogP contribution in [-0.4, -0.2) is 59.2 Å². The van der Waals surface area contributed by atoms with E-state index >= 15 is 8.78 Å². The highest BCUT2D eigenvalue weighted by Gasteiger charge is 2.34. The lowest BCUT2D eigenvalue weighted by Gasteiger charge is -2.25. The van der Waals surface area contributed by atoms with Crippen LogP contribution in [0.25, 0.3) is 0 Å². The summed E-state index contributed by atoms with van der Waals surface area (Å²) in [6, 6.07) is 6.13. The van der Waals surface area contributed by atoms with Crippen molar-refractivity contribution >= 4 is 52.7 Å². The number of nitrogens with one attached hydrogen (secondary N) is 1. The van der Waals surface area contributed by atoms with Gasteiger partial charge in [-0.2, -0.15) is 4.39 Å². The number of halogens is 6. The molecule has 1 aromatic heterocycles. The van der Waals surface area contributed by atoms with Crippen LogP contribution in [0.3, 0.4) is 0 Å². The summed E-state index contributed by atoms with van der Waals surface area (Å²) in [5.74, 6) is -7.63. The van der Waals surface area contributed by atoms with E-state index in [2.05, 4.69) is 19.8 Å². The van der Waals surface area contributed by atoms with Gasteiger partial charge in [0.1, 0.15) is 40.5 Å². The standard InChI is InChI=1S/C22H17B3ClF5N2O6/c1-36-20(35)11-8-9(6-7-32-11)33-19(34)15-12(3-2-10(26)16(15)27)37-14-5-4-13(38-22(29,30)31)17(28)18(14)39-21(23,24)25/h2-8H,23-25H2,1H3,(H,32,33,34). The Bertz CT molecular complexity index is 1420. The topological polar surface area (TPSA) is 96.0 Å². The summed E-state index contributed by atoms with van der Waals surface area (Å²) in [5.41, 5.74) is -0.868. The Morgan fingerprint density at radius 1 is 0.949 bits per heavy atom. The fourth-order valence-electron chi connectivity index (χ4n) is 3.07. The third-order valence-corrected chi connectivity index (χ3v) is 4.87. The van der Waals surface area contributed by atoms with Gasteiger partial charge in [0.25, 0.3) is 5.91 Å². The van der Waals surface area contributed by atoms with E-state index in [0.29, 0.717) is 6.07 Å². The third-order valence-electron chi connectivity index (χ3n) is 4.58. The summed E-state index contributed by atoms with van der Waals surface area (Å²) in [6.45, 7) is 0. The molecular weight excluding hydrogens is 551 g/mol. The number of alkyl halides is 3. The second kappa shape index (κ2) is 11.4. The molecule has 3 rings (SSSR count). The minimum Gasteiger partial charge on any atom is -0.508 e. The van der Waals surface area contributed by atoms with Crippen molar-refractivity contribution in [1.82, 2.24) is 4.98 Å². The number of benzene rings is 2. The van der Waals surface area contributed by atoms with E-state index in [1.165, 1.54) is 35.8 Å². The molecule has 202 valence electrons. The molecular formula is C22H17B3ClF5N2O6. The van der Waals surface area contributed by atoms with Crippen molar-refractivity contribution in [2.24, 2.45) is 0 Å². The summed E-state index contributed by atoms with van der Waals surface area (Å²) in [4.78, 5) is 28.6. The first-order valence-corrected chi connectivity index (χ1v) is 11.3. The second-order valence-electron chi connectivity index (χ2n) is 8.68. The quantitative estimate of drug-likeness (QED) is 0.254. The monoisotopic (exact) mass is 568 g/mol. The number of aromatic nitrogens is 1. The summed E-state index contributed by atoms with van der Waals surface area (Å²) >= 11 is 5.86. The van der Waals surface area contributed by atoms with Crippen molar-refractivity contribution in [3.8, 4) is 23.0 Å². The molecule has 0 fully saturated rings. The summed E-state index contributed by atoms with van der Waals surface area (Å²) < 4.78 is 87.7. The van der Waals surface area contributed by atoms with Gasteiger partial charge in [0.15, 0.2) is 23.1 Å². The molecule has 0 atom stereocenters. The van der Waals surface area contributed by atoms with Gasteiger partial charge in [0, 0.05) is 17.2 Å². The highest BCUT2D eigenvalue weighted by atomic mass is 35.5. The number of ether oxygens (including phenoxy) is 4. The summed E-state index contributed by atoms with van der Waals surface area (Å²) in [7, 11) is 5.60. The molecule has 0 saturated heterocycles. The molecule has 1 amide bonds. The molecule has 0 aliphatic heterocycles. The molecule has 39 heavy (non-hydrogen) atoms. The smallest absolute Gasteiger partial charge is 0.508 e. The first-order chi connectivity index (χ1) is 18.1. The van der Waals surface area contributed by atoms with Crippen molar-refractivity contribution in [2.45, 2.75) is 11.7 Å². The number of anilines is 1. The highest BCUT2D eigenvalue weighted by molar-refractivity contribution is 6.58. The maximum absolute atomic E-state index is 15.1. The number of carbonyl (C=O) groups is 2. The lowest BCUT2D eigenvalue weighted by molar-refractivity contribution is -0.275. The first kappa shape index (κ1) is 29.6. The van der Waals surface area contributed by atoms with Crippen LogP contribution in [0.15, 0.2) is 42.6 Å². The molecule has 0 unspecified atom stereocenters. The van der Waals surface area contributed by atoms with E-state index < -0.39 is 68.8 Å². The lowest BCUT2D eigenvalue weighted by Crippen LogP contribution is -2.38. The number of esters is 1. The Labute approximate surface area is 226 Å². The molecule has 0 radical (unpaired) electrons. The van der Waals surface area contributed by atoms with Crippen LogP contribution < -0.4 is 19.5 Å². The Kier molecular flexibility index (Phi) is 8.69. The fourth-order valence-corrected chi connectivity index (χ4v) is 3.23. The average Bonchev–Trinajstić information content (AvgIpc) is 2.83. The number of hydrogen-bond acceptors (Lipinski definition) is 7. The van der Waals surface area contributed by atoms with E-state index in [1.54, 1.807) is 0 Å². The maximum atomic E-state index is 15.1. The zero-order valence-corrected chi connectivity index (χ0v) is 21.5. The number of carbonyl (C=O) groups excluding carboxylic acids is 2. The number of nitrogens with zero attached hydrogens (tertiary/aromatic N) is 1. The van der Waals surface area contributed by atoms with E-state index in [0.717, 1.165) is 31.4 Å². The predicted molar refractivity (Wildman–Crippen MR) is 137 cm³/mol.